The molecule has 0 aliphatic carbocycles. The van der Waals surface area contributed by atoms with E-state index in [-0.39, 0.29) is 0 Å². The molecule has 1 rings (SSSR count). The van der Waals surface area contributed by atoms with Gasteiger partial charge in [-0.3, -0.25) is 4.68 Å². The molecule has 0 amide bonds. The minimum Gasteiger partial charge on any atom is -0.273 e. The highest BCUT2D eigenvalue weighted by Crippen LogP contribution is 1.88. The van der Waals surface area contributed by atoms with Crippen LogP contribution in [0.3, 0.4) is 0 Å². The molecule has 0 fully saturated rings. The van der Waals surface area contributed by atoms with Crippen LogP contribution in [0.4, 0.5) is 0 Å². The SMILES string of the molecule is CC.Cc1ccnn1C. The van der Waals surface area contributed by atoms with Crippen molar-refractivity contribution in [2.75, 3.05) is 0 Å². The first-order chi connectivity index (χ1) is 4.30. The van der Waals surface area contributed by atoms with Crippen LogP contribution in [0.1, 0.15) is 19.5 Å². The number of hydrogen-bond donors (Lipinski definition) is 0. The Hall–Kier alpha value is -0.790. The lowest BCUT2D eigenvalue weighted by atomic mass is 10.5. The van der Waals surface area contributed by atoms with Gasteiger partial charge in [-0.2, -0.15) is 5.10 Å². The molecule has 1 aromatic rings. The average Bonchev–Trinajstić information content (AvgIpc) is 2.23. The fourth-order valence-electron chi connectivity index (χ4n) is 0.440. The Morgan fingerprint density at radius 1 is 1.44 bits per heavy atom. The molecule has 0 aliphatic rings. The Balaban J connectivity index is 0.000000291. The van der Waals surface area contributed by atoms with Gasteiger partial charge in [0.2, 0.25) is 0 Å². The van der Waals surface area contributed by atoms with E-state index in [0.717, 1.165) is 0 Å². The lowest BCUT2D eigenvalue weighted by molar-refractivity contribution is 0.740. The minimum absolute atomic E-state index is 1.19. The first-order valence-corrected chi connectivity index (χ1v) is 3.25. The van der Waals surface area contributed by atoms with Crippen LogP contribution >= 0.6 is 0 Å². The molecule has 52 valence electrons. The maximum Gasteiger partial charge on any atom is 0.0492 e. The molecule has 1 aromatic heterocycles. The molecule has 1 heterocycles. The summed E-state index contributed by atoms with van der Waals surface area (Å²) in [5.74, 6) is 0. The molecule has 0 N–H and O–H groups in total. The van der Waals surface area contributed by atoms with Gasteiger partial charge in [0.25, 0.3) is 0 Å². The third-order valence-electron chi connectivity index (χ3n) is 1.07. The summed E-state index contributed by atoms with van der Waals surface area (Å²) in [6.45, 7) is 6.02. The van der Waals surface area contributed by atoms with Crippen LogP contribution < -0.4 is 0 Å². The lowest BCUT2D eigenvalue weighted by Gasteiger charge is -1.87. The van der Waals surface area contributed by atoms with E-state index >= 15 is 0 Å². The van der Waals surface area contributed by atoms with E-state index in [1.807, 2.05) is 38.6 Å². The van der Waals surface area contributed by atoms with Crippen molar-refractivity contribution in [1.29, 1.82) is 0 Å². The summed E-state index contributed by atoms with van der Waals surface area (Å²) >= 11 is 0. The van der Waals surface area contributed by atoms with Crippen molar-refractivity contribution in [3.05, 3.63) is 18.0 Å². The van der Waals surface area contributed by atoms with Crippen molar-refractivity contribution < 1.29 is 0 Å². The van der Waals surface area contributed by atoms with Gasteiger partial charge in [0.1, 0.15) is 0 Å². The van der Waals surface area contributed by atoms with Crippen LogP contribution in [-0.2, 0) is 7.05 Å². The summed E-state index contributed by atoms with van der Waals surface area (Å²) in [7, 11) is 1.93. The summed E-state index contributed by atoms with van der Waals surface area (Å²) < 4.78 is 1.83. The van der Waals surface area contributed by atoms with Gasteiger partial charge in [-0.1, -0.05) is 13.8 Å². The van der Waals surface area contributed by atoms with E-state index in [1.54, 1.807) is 6.20 Å². The highest BCUT2D eigenvalue weighted by Gasteiger charge is 1.83. The molecule has 0 saturated heterocycles. The molecule has 0 radical (unpaired) electrons. The highest BCUT2D eigenvalue weighted by atomic mass is 15.2. The largest absolute Gasteiger partial charge is 0.273 e. The summed E-state index contributed by atoms with van der Waals surface area (Å²) in [4.78, 5) is 0. The van der Waals surface area contributed by atoms with Crippen molar-refractivity contribution in [2.45, 2.75) is 20.8 Å². The van der Waals surface area contributed by atoms with Gasteiger partial charge in [0, 0.05) is 18.9 Å². The van der Waals surface area contributed by atoms with E-state index in [0.29, 0.717) is 0 Å². The standard InChI is InChI=1S/C5H8N2.C2H6/c1-5-3-4-6-7(5)2;1-2/h3-4H,1-2H3;1-2H3. The number of aryl methyl sites for hydroxylation is 2. The third kappa shape index (κ3) is 2.31. The second kappa shape index (κ2) is 4.13. The molecule has 9 heavy (non-hydrogen) atoms. The Bertz CT molecular complexity index is 139. The zero-order valence-corrected chi connectivity index (χ0v) is 6.55. The fraction of sp³-hybridized carbons (Fsp3) is 0.571. The fourth-order valence-corrected chi connectivity index (χ4v) is 0.440. The zero-order chi connectivity index (χ0) is 7.28. The quantitative estimate of drug-likeness (QED) is 0.518. The molecular weight excluding hydrogens is 112 g/mol. The smallest absolute Gasteiger partial charge is 0.0492 e. The Morgan fingerprint density at radius 3 is 2.11 bits per heavy atom. The molecule has 2 nitrogen and oxygen atoms in total. The maximum atomic E-state index is 3.93. The summed E-state index contributed by atoms with van der Waals surface area (Å²) in [5.41, 5.74) is 1.19. The first kappa shape index (κ1) is 8.21. The van der Waals surface area contributed by atoms with E-state index in [2.05, 4.69) is 5.10 Å². The molecule has 0 atom stereocenters. The maximum absolute atomic E-state index is 3.93. The van der Waals surface area contributed by atoms with Crippen LogP contribution in [0.5, 0.6) is 0 Å². The zero-order valence-electron chi connectivity index (χ0n) is 6.55. The highest BCUT2D eigenvalue weighted by molar-refractivity contribution is 4.94. The molecule has 2 heteroatoms. The van der Waals surface area contributed by atoms with Gasteiger partial charge in [-0.05, 0) is 13.0 Å². The molecule has 0 bridgehead atoms. The summed E-state index contributed by atoms with van der Waals surface area (Å²) in [5, 5.41) is 3.93. The predicted octanol–water partition coefficient (Wildman–Crippen LogP) is 1.75. The monoisotopic (exact) mass is 126 g/mol. The van der Waals surface area contributed by atoms with Crippen LogP contribution in [0.25, 0.3) is 0 Å². The summed E-state index contributed by atoms with van der Waals surface area (Å²) in [6, 6.07) is 1.97. The van der Waals surface area contributed by atoms with Crippen LogP contribution in [0.15, 0.2) is 12.3 Å². The van der Waals surface area contributed by atoms with Gasteiger partial charge >= 0.3 is 0 Å². The molecule has 0 aliphatic heterocycles. The number of rotatable bonds is 0. The Morgan fingerprint density at radius 2 is 2.00 bits per heavy atom. The Labute approximate surface area is 56.5 Å². The van der Waals surface area contributed by atoms with Gasteiger partial charge in [0.05, 0.1) is 0 Å². The van der Waals surface area contributed by atoms with Crippen LogP contribution in [-0.4, -0.2) is 9.78 Å². The van der Waals surface area contributed by atoms with Crippen molar-refractivity contribution in [3.63, 3.8) is 0 Å². The summed E-state index contributed by atoms with van der Waals surface area (Å²) in [6.07, 6.45) is 1.79. The average molecular weight is 126 g/mol. The van der Waals surface area contributed by atoms with E-state index < -0.39 is 0 Å². The molecule has 0 aromatic carbocycles. The number of hydrogen-bond acceptors (Lipinski definition) is 1. The van der Waals surface area contributed by atoms with Gasteiger partial charge in [0.15, 0.2) is 0 Å². The van der Waals surface area contributed by atoms with Crippen molar-refractivity contribution >= 4 is 0 Å². The molecule has 0 saturated carbocycles. The lowest BCUT2D eigenvalue weighted by Crippen LogP contribution is -1.90. The van der Waals surface area contributed by atoms with E-state index in [9.17, 15) is 0 Å². The van der Waals surface area contributed by atoms with Crippen LogP contribution in [0.2, 0.25) is 0 Å². The Kier molecular flexibility index (Phi) is 3.76. The first-order valence-electron chi connectivity index (χ1n) is 3.25. The second-order valence-electron chi connectivity index (χ2n) is 1.60. The third-order valence-corrected chi connectivity index (χ3v) is 1.07. The number of nitrogens with zero attached hydrogens (tertiary/aromatic N) is 2. The predicted molar refractivity (Wildman–Crippen MR) is 39.3 cm³/mol. The molecular formula is C7H14N2. The van der Waals surface area contributed by atoms with Crippen LogP contribution in [0, 0.1) is 6.92 Å². The van der Waals surface area contributed by atoms with Gasteiger partial charge in [-0.25, -0.2) is 0 Å². The van der Waals surface area contributed by atoms with E-state index in [1.165, 1.54) is 5.69 Å². The van der Waals surface area contributed by atoms with Crippen molar-refractivity contribution in [1.82, 2.24) is 9.78 Å². The van der Waals surface area contributed by atoms with E-state index in [4.69, 9.17) is 0 Å². The van der Waals surface area contributed by atoms with Crippen molar-refractivity contribution in [3.8, 4) is 0 Å². The second-order valence-corrected chi connectivity index (χ2v) is 1.60. The van der Waals surface area contributed by atoms with Gasteiger partial charge < -0.3 is 0 Å². The molecule has 0 spiro atoms. The number of aromatic nitrogens is 2. The minimum atomic E-state index is 1.19. The normalized spacial score (nSPS) is 8.00. The van der Waals surface area contributed by atoms with Gasteiger partial charge in [-0.15, -0.1) is 0 Å². The van der Waals surface area contributed by atoms with Crippen molar-refractivity contribution in [2.24, 2.45) is 7.05 Å². The topological polar surface area (TPSA) is 17.8 Å². The molecule has 0 unspecified atom stereocenters.